The van der Waals surface area contributed by atoms with E-state index in [1.54, 1.807) is 0 Å². The van der Waals surface area contributed by atoms with Crippen LogP contribution in [-0.2, 0) is 35.3 Å². The van der Waals surface area contributed by atoms with Crippen molar-refractivity contribution >= 4 is 0 Å². The minimum atomic E-state index is 0. The van der Waals surface area contributed by atoms with Gasteiger partial charge in [0.15, 0.2) is 0 Å². The molecule has 0 N–H and O–H groups in total. The van der Waals surface area contributed by atoms with Gasteiger partial charge in [-0.25, -0.2) is 0 Å². The maximum Gasteiger partial charge on any atom is 1.00 e. The van der Waals surface area contributed by atoms with E-state index in [0.717, 1.165) is 0 Å². The van der Waals surface area contributed by atoms with Crippen LogP contribution in [0.2, 0.25) is 0 Å². The summed E-state index contributed by atoms with van der Waals surface area (Å²) in [6.45, 7) is 0. The first-order valence-electron chi connectivity index (χ1n) is 1.33. The van der Waals surface area contributed by atoms with E-state index >= 15 is 0 Å². The summed E-state index contributed by atoms with van der Waals surface area (Å²) in [6.07, 6.45) is 0. The minimum absolute atomic E-state index is 0. The fraction of sp³-hybridized carbons (Fsp3) is 0. The normalized spacial score (nSPS) is 8.18. The Morgan fingerprint density at radius 3 is 1.09 bits per heavy atom. The molecule has 56 valence electrons. The Morgan fingerprint density at radius 1 is 0.545 bits per heavy atom. The second-order valence-corrected chi connectivity index (χ2v) is 0.476. The third-order valence-electron chi connectivity index (χ3n) is 0.167. The predicted molar refractivity (Wildman–Crippen MR) is 7.59 cm³/mol. The predicted octanol–water partition coefficient (Wildman–Crippen LogP) is -8.85. The molecule has 0 radical (unpaired) electrons. The van der Waals surface area contributed by atoms with Gasteiger partial charge in [0, 0.05) is 0 Å². The van der Waals surface area contributed by atoms with Crippen molar-refractivity contribution in [2.75, 3.05) is 0 Å². The van der Waals surface area contributed by atoms with Gasteiger partial charge in [0.1, 0.15) is 0 Å². The molecule has 0 aliphatic carbocycles. The molecule has 9 nitrogen and oxygen atoms in total. The van der Waals surface area contributed by atoms with E-state index in [2.05, 4.69) is 35.3 Å². The van der Waals surface area contributed by atoms with Crippen LogP contribution < -0.4 is 69.6 Å². The zero-order chi connectivity index (χ0) is 6.95. The summed E-state index contributed by atoms with van der Waals surface area (Å²) in [6, 6.07) is 0. The van der Waals surface area contributed by atoms with Gasteiger partial charge in [-0.3, -0.25) is 10.1 Å². The Kier molecular flexibility index (Phi) is 29.6. The van der Waals surface area contributed by atoms with Crippen molar-refractivity contribution in [1.29, 1.82) is 0 Å². The van der Waals surface area contributed by atoms with Gasteiger partial charge in [-0.05, 0) is 25.2 Å². The summed E-state index contributed by atoms with van der Waals surface area (Å²) in [5.41, 5.74) is 0. The number of hydrogen-bond donors (Lipinski definition) is 0. The molecule has 0 rings (SSSR count). The van der Waals surface area contributed by atoms with Crippen LogP contribution in [0.5, 0.6) is 0 Å². The largest absolute Gasteiger partial charge is 1.00 e. The molecule has 0 aromatic heterocycles. The van der Waals surface area contributed by atoms with E-state index in [-0.39, 0.29) is 59.1 Å². The van der Waals surface area contributed by atoms with E-state index in [1.807, 2.05) is 0 Å². The van der Waals surface area contributed by atoms with Crippen molar-refractivity contribution < 1.29 is 105 Å². The third kappa shape index (κ3) is 18.5. The van der Waals surface area contributed by atoms with Crippen molar-refractivity contribution in [3.8, 4) is 0 Å². The van der Waals surface area contributed by atoms with Crippen molar-refractivity contribution in [3.05, 3.63) is 0 Å². The molecule has 11 heteroatoms. The zero-order valence-electron chi connectivity index (χ0n) is 5.67. The average molecular weight is 190 g/mol. The molecular formula is Na2O9. The molecule has 0 heterocycles. The Hall–Kier alpha value is 1.64. The van der Waals surface area contributed by atoms with Gasteiger partial charge in [-0.15, -0.1) is 0 Å². The van der Waals surface area contributed by atoms with Crippen molar-refractivity contribution in [2.24, 2.45) is 0 Å². The molecule has 0 amide bonds. The maximum atomic E-state index is 8.85. The summed E-state index contributed by atoms with van der Waals surface area (Å²) < 4.78 is 0. The van der Waals surface area contributed by atoms with Gasteiger partial charge in [-0.1, -0.05) is 0 Å². The van der Waals surface area contributed by atoms with Crippen LogP contribution in [-0.4, -0.2) is 0 Å². The SMILES string of the molecule is [Na+].[Na+].[O-]OOOOOOO[O-]. The van der Waals surface area contributed by atoms with Gasteiger partial charge >= 0.3 is 59.1 Å². The Bertz CT molecular complexity index is 40.8. The first kappa shape index (κ1) is 18.4. The number of hydrogen-bond acceptors (Lipinski definition) is 9. The van der Waals surface area contributed by atoms with Crippen LogP contribution >= 0.6 is 0 Å². The van der Waals surface area contributed by atoms with E-state index in [1.165, 1.54) is 0 Å². The van der Waals surface area contributed by atoms with E-state index in [4.69, 9.17) is 10.5 Å². The first-order chi connectivity index (χ1) is 4.41. The van der Waals surface area contributed by atoms with Gasteiger partial charge in [0.05, 0.1) is 0 Å². The Labute approximate surface area is 104 Å². The monoisotopic (exact) mass is 190 g/mol. The van der Waals surface area contributed by atoms with Gasteiger partial charge in [-0.2, -0.15) is 0 Å². The van der Waals surface area contributed by atoms with Crippen LogP contribution in [0.4, 0.5) is 0 Å². The molecule has 11 heavy (non-hydrogen) atoms. The molecule has 0 aliphatic rings. The topological polar surface area (TPSA) is 111 Å². The summed E-state index contributed by atoms with van der Waals surface area (Å²) in [7, 11) is 0. The standard InChI is InChI=1S/2Na.H2O9/c;;1-3-5-7-9-8-6-4-2/h;;1-2H/q2*+1;/p-2. The van der Waals surface area contributed by atoms with Crippen LogP contribution in [0, 0.1) is 0 Å². The van der Waals surface area contributed by atoms with Crippen molar-refractivity contribution in [3.63, 3.8) is 0 Å². The minimum Gasteiger partial charge on any atom is -0.689 e. The molecule has 0 aliphatic heterocycles. The quantitative estimate of drug-likeness (QED) is 0.174. The number of rotatable bonds is 6. The summed E-state index contributed by atoms with van der Waals surface area (Å²) in [4.78, 5) is 0. The summed E-state index contributed by atoms with van der Waals surface area (Å²) in [5, 5.41) is 38.5. The summed E-state index contributed by atoms with van der Waals surface area (Å²) in [5.74, 6) is 0. The zero-order valence-corrected chi connectivity index (χ0v) is 9.67. The van der Waals surface area contributed by atoms with Gasteiger partial charge in [0.25, 0.3) is 0 Å². The van der Waals surface area contributed by atoms with Crippen LogP contribution in [0.25, 0.3) is 0 Å². The smallest absolute Gasteiger partial charge is 0.689 e. The molecule has 0 saturated carbocycles. The fourth-order valence-electron chi connectivity index (χ4n) is 0.0567. The fourth-order valence-corrected chi connectivity index (χ4v) is 0.0567. The van der Waals surface area contributed by atoms with E-state index in [9.17, 15) is 0 Å². The second kappa shape index (κ2) is 17.7. The molecule has 0 fully saturated rings. The van der Waals surface area contributed by atoms with Crippen LogP contribution in [0.15, 0.2) is 0 Å². The summed E-state index contributed by atoms with van der Waals surface area (Å²) >= 11 is 0. The Balaban J connectivity index is -0.000000320. The Morgan fingerprint density at radius 2 is 0.818 bits per heavy atom. The second-order valence-electron chi connectivity index (χ2n) is 0.476. The maximum absolute atomic E-state index is 8.85. The van der Waals surface area contributed by atoms with Crippen LogP contribution in [0.3, 0.4) is 0 Å². The molecule has 0 unspecified atom stereocenters. The van der Waals surface area contributed by atoms with Gasteiger partial charge in [0.2, 0.25) is 0 Å². The molecule has 0 aromatic rings. The van der Waals surface area contributed by atoms with Crippen molar-refractivity contribution in [2.45, 2.75) is 0 Å². The molecule has 0 atom stereocenters. The molecule has 0 saturated heterocycles. The van der Waals surface area contributed by atoms with E-state index < -0.39 is 0 Å². The molecule has 0 bridgehead atoms. The molecule has 0 aromatic carbocycles. The third-order valence-corrected chi connectivity index (χ3v) is 0.167. The van der Waals surface area contributed by atoms with Crippen LogP contribution in [0.1, 0.15) is 0 Å². The molecule has 0 spiro atoms. The van der Waals surface area contributed by atoms with Crippen molar-refractivity contribution in [1.82, 2.24) is 0 Å². The van der Waals surface area contributed by atoms with Gasteiger partial charge < -0.3 is 10.5 Å². The average Bonchev–Trinajstić information content (AvgIpc) is 1.89. The van der Waals surface area contributed by atoms with E-state index in [0.29, 0.717) is 0 Å². The molecular weight excluding hydrogens is 190 g/mol. The first-order valence-corrected chi connectivity index (χ1v) is 1.33.